The van der Waals surface area contributed by atoms with Crippen LogP contribution in [0.1, 0.15) is 26.2 Å². The van der Waals surface area contributed by atoms with Crippen molar-refractivity contribution in [3.63, 3.8) is 0 Å². The fourth-order valence-electron chi connectivity index (χ4n) is 0.680. The van der Waals surface area contributed by atoms with Crippen LogP contribution in [0, 0.1) is 19.1 Å². The summed E-state index contributed by atoms with van der Waals surface area (Å²) in [7, 11) is 0. The summed E-state index contributed by atoms with van der Waals surface area (Å²) in [5, 5.41) is 0. The minimum Gasteiger partial charge on any atom is -0.344 e. The van der Waals surface area contributed by atoms with Crippen molar-refractivity contribution in [1.29, 1.82) is 0 Å². The van der Waals surface area contributed by atoms with Gasteiger partial charge in [0.15, 0.2) is 0 Å². The van der Waals surface area contributed by atoms with Crippen LogP contribution in [-0.4, -0.2) is 0 Å². The molecule has 0 atom stereocenters. The minimum absolute atomic E-state index is 0. The van der Waals surface area contributed by atoms with E-state index in [2.05, 4.69) is 31.2 Å². The molecule has 1 heteroatoms. The average molecular weight is 274 g/mol. The molecule has 2 aliphatic rings. The van der Waals surface area contributed by atoms with Gasteiger partial charge in [-0.05, 0) is 0 Å². The van der Waals surface area contributed by atoms with Gasteiger partial charge in [0.2, 0.25) is 0 Å². The van der Waals surface area contributed by atoms with Crippen molar-refractivity contribution in [2.24, 2.45) is 0 Å². The molecule has 0 aromatic heterocycles. The Morgan fingerprint density at radius 1 is 1.07 bits per heavy atom. The first kappa shape index (κ1) is 16.0. The fraction of sp³-hybridized carbons (Fsp3) is 0.308. The zero-order valence-electron chi connectivity index (χ0n) is 8.65. The minimum atomic E-state index is 0. The topological polar surface area (TPSA) is 0 Å². The number of rotatable bonds is 0. The van der Waals surface area contributed by atoms with Crippen molar-refractivity contribution in [2.45, 2.75) is 26.2 Å². The summed E-state index contributed by atoms with van der Waals surface area (Å²) in [6, 6.07) is 0. The molecule has 0 bridgehead atoms. The van der Waals surface area contributed by atoms with E-state index >= 15 is 0 Å². The second-order valence-electron chi connectivity index (χ2n) is 2.51. The summed E-state index contributed by atoms with van der Waals surface area (Å²) in [4.78, 5) is 0. The predicted octanol–water partition coefficient (Wildman–Crippen LogP) is 3.84. The van der Waals surface area contributed by atoms with E-state index in [0.29, 0.717) is 0 Å². The summed E-state index contributed by atoms with van der Waals surface area (Å²) in [6.07, 6.45) is 21.0. The summed E-state index contributed by atoms with van der Waals surface area (Å²) >= 11 is 0. The van der Waals surface area contributed by atoms with Gasteiger partial charge in [-0.3, -0.25) is 12.2 Å². The molecule has 0 heterocycles. The first-order valence-electron chi connectivity index (χ1n) is 4.64. The van der Waals surface area contributed by atoms with Gasteiger partial charge >= 0.3 is 19.5 Å². The molecule has 0 aliphatic heterocycles. The molecule has 1 radical (unpaired) electrons. The Kier molecular flexibility index (Phi) is 17.3. The molecular formula is C13H17Ru. The molecule has 0 nitrogen and oxygen atoms in total. The molecule has 0 N–H and O–H groups in total. The maximum absolute atomic E-state index is 3.49. The molecule has 77 valence electrons. The molecule has 0 amide bonds. The van der Waals surface area contributed by atoms with E-state index < -0.39 is 0 Å². The molecule has 0 saturated heterocycles. The zero-order valence-corrected chi connectivity index (χ0v) is 10.4. The van der Waals surface area contributed by atoms with E-state index in [0.717, 1.165) is 19.3 Å². The van der Waals surface area contributed by atoms with Crippen LogP contribution in [0.25, 0.3) is 0 Å². The van der Waals surface area contributed by atoms with E-state index in [4.69, 9.17) is 0 Å². The van der Waals surface area contributed by atoms with Crippen LogP contribution < -0.4 is 0 Å². The molecule has 2 aliphatic carbocycles. The van der Waals surface area contributed by atoms with Gasteiger partial charge in [-0.2, -0.15) is 18.6 Å². The SMILES string of the molecule is [C-]1=CC=CC1.[C-]1=CC=CC1.[CH2-]CC.[Ru+3]. The van der Waals surface area contributed by atoms with E-state index in [1.807, 2.05) is 31.2 Å². The van der Waals surface area contributed by atoms with Gasteiger partial charge in [0.1, 0.15) is 0 Å². The molecule has 14 heavy (non-hydrogen) atoms. The van der Waals surface area contributed by atoms with Crippen LogP contribution in [0.2, 0.25) is 0 Å². The largest absolute Gasteiger partial charge is 3.00 e. The van der Waals surface area contributed by atoms with Crippen LogP contribution in [0.15, 0.2) is 36.5 Å². The van der Waals surface area contributed by atoms with Crippen molar-refractivity contribution >= 4 is 0 Å². The summed E-state index contributed by atoms with van der Waals surface area (Å²) in [5.74, 6) is 0. The Bertz CT molecular complexity index is 155. The maximum atomic E-state index is 3.49. The quantitative estimate of drug-likeness (QED) is 0.465. The second kappa shape index (κ2) is 15.1. The summed E-state index contributed by atoms with van der Waals surface area (Å²) < 4.78 is 0. The van der Waals surface area contributed by atoms with Crippen LogP contribution in [0.5, 0.6) is 0 Å². The Balaban J connectivity index is 0. The Morgan fingerprint density at radius 2 is 1.43 bits per heavy atom. The molecule has 0 fully saturated rings. The van der Waals surface area contributed by atoms with Crippen LogP contribution in [0.3, 0.4) is 0 Å². The average Bonchev–Trinajstić information content (AvgIpc) is 2.85. The molecule has 0 unspecified atom stereocenters. The van der Waals surface area contributed by atoms with E-state index in [-0.39, 0.29) is 19.5 Å². The smallest absolute Gasteiger partial charge is 0.344 e. The zero-order chi connectivity index (χ0) is 9.78. The predicted molar refractivity (Wildman–Crippen MR) is 58.8 cm³/mol. The van der Waals surface area contributed by atoms with Crippen molar-refractivity contribution in [3.8, 4) is 0 Å². The molecule has 0 saturated carbocycles. The number of hydrogen-bond donors (Lipinski definition) is 0. The van der Waals surface area contributed by atoms with Crippen LogP contribution >= 0.6 is 0 Å². The first-order valence-corrected chi connectivity index (χ1v) is 4.64. The van der Waals surface area contributed by atoms with Gasteiger partial charge in [-0.1, -0.05) is 6.92 Å². The molecule has 0 spiro atoms. The van der Waals surface area contributed by atoms with E-state index in [9.17, 15) is 0 Å². The monoisotopic (exact) mass is 275 g/mol. The normalized spacial score (nSPS) is 13.9. The van der Waals surface area contributed by atoms with Gasteiger partial charge in [0.05, 0.1) is 0 Å². The summed E-state index contributed by atoms with van der Waals surface area (Å²) in [5.41, 5.74) is 0. The first-order chi connectivity index (χ1) is 6.41. The maximum Gasteiger partial charge on any atom is 3.00 e. The van der Waals surface area contributed by atoms with Gasteiger partial charge in [0.25, 0.3) is 0 Å². The summed E-state index contributed by atoms with van der Waals surface area (Å²) in [6.45, 7) is 5.50. The Hall–Kier alpha value is -0.417. The van der Waals surface area contributed by atoms with E-state index in [1.165, 1.54) is 0 Å². The number of hydrogen-bond acceptors (Lipinski definition) is 0. The molecular weight excluding hydrogens is 257 g/mol. The van der Waals surface area contributed by atoms with Crippen molar-refractivity contribution in [2.75, 3.05) is 0 Å². The van der Waals surface area contributed by atoms with Crippen LogP contribution in [-0.2, 0) is 19.5 Å². The van der Waals surface area contributed by atoms with Crippen molar-refractivity contribution in [1.82, 2.24) is 0 Å². The van der Waals surface area contributed by atoms with Gasteiger partial charge < -0.3 is 6.92 Å². The standard InChI is InChI=1S/2C5H5.C3H7.Ru/c2*1-2-4-5-3-1;1-3-2;/h2*1-3H,4H2;1,3H2,2H3;/q3*-1;+3. The van der Waals surface area contributed by atoms with E-state index in [1.54, 1.807) is 0 Å². The van der Waals surface area contributed by atoms with Crippen LogP contribution in [0.4, 0.5) is 0 Å². The molecule has 2 rings (SSSR count). The van der Waals surface area contributed by atoms with Gasteiger partial charge in [-0.25, -0.2) is 24.3 Å². The van der Waals surface area contributed by atoms with Gasteiger partial charge in [-0.15, -0.1) is 12.8 Å². The van der Waals surface area contributed by atoms with Crippen molar-refractivity contribution in [3.05, 3.63) is 55.5 Å². The third-order valence-electron chi connectivity index (χ3n) is 1.17. The molecule has 0 aromatic rings. The molecule has 0 aromatic carbocycles. The second-order valence-corrected chi connectivity index (χ2v) is 2.51. The fourth-order valence-corrected chi connectivity index (χ4v) is 0.680. The third kappa shape index (κ3) is 14.1. The van der Waals surface area contributed by atoms with Crippen molar-refractivity contribution < 1.29 is 19.5 Å². The Morgan fingerprint density at radius 3 is 1.50 bits per heavy atom. The third-order valence-corrected chi connectivity index (χ3v) is 1.17. The Labute approximate surface area is 101 Å². The number of allylic oxidation sites excluding steroid dienone is 8. The van der Waals surface area contributed by atoms with Gasteiger partial charge in [0, 0.05) is 0 Å².